The molecule has 150 valence electrons. The zero-order valence-electron chi connectivity index (χ0n) is 15.9. The number of hydrogen-bond acceptors (Lipinski definition) is 3. The number of aryl methyl sites for hydroxylation is 1. The lowest BCUT2D eigenvalue weighted by Gasteiger charge is -2.10. The summed E-state index contributed by atoms with van der Waals surface area (Å²) >= 11 is 12.3. The second-order valence-corrected chi connectivity index (χ2v) is 7.70. The number of aromatic nitrogens is 2. The molecule has 0 radical (unpaired) electrons. The van der Waals surface area contributed by atoms with E-state index in [1.54, 1.807) is 47.1 Å². The maximum absolute atomic E-state index is 11.1. The van der Waals surface area contributed by atoms with E-state index in [0.717, 1.165) is 22.5 Å². The van der Waals surface area contributed by atoms with E-state index < -0.39 is 5.97 Å². The van der Waals surface area contributed by atoms with E-state index in [2.05, 4.69) is 5.32 Å². The average molecular weight is 438 g/mol. The fourth-order valence-electron chi connectivity index (χ4n) is 3.04. The van der Waals surface area contributed by atoms with Gasteiger partial charge in [-0.2, -0.15) is 5.10 Å². The van der Waals surface area contributed by atoms with Crippen LogP contribution in [0.3, 0.4) is 0 Å². The van der Waals surface area contributed by atoms with Crippen LogP contribution in [0.15, 0.2) is 72.8 Å². The Kier molecular flexibility index (Phi) is 5.48. The predicted octanol–water partition coefficient (Wildman–Crippen LogP) is 6.60. The molecule has 0 aliphatic heterocycles. The van der Waals surface area contributed by atoms with Gasteiger partial charge in [0.25, 0.3) is 0 Å². The molecule has 30 heavy (non-hydrogen) atoms. The molecule has 0 aliphatic rings. The van der Waals surface area contributed by atoms with E-state index >= 15 is 0 Å². The van der Waals surface area contributed by atoms with Crippen molar-refractivity contribution in [2.45, 2.75) is 6.92 Å². The number of carboxylic acid groups (broad SMARTS) is 1. The highest BCUT2D eigenvalue weighted by Crippen LogP contribution is 2.31. The molecule has 3 aromatic carbocycles. The number of carboxylic acids is 1. The predicted molar refractivity (Wildman–Crippen MR) is 120 cm³/mol. The van der Waals surface area contributed by atoms with Gasteiger partial charge in [-0.25, -0.2) is 9.48 Å². The molecule has 0 fully saturated rings. The molecule has 0 saturated heterocycles. The summed E-state index contributed by atoms with van der Waals surface area (Å²) in [6.07, 6.45) is 0. The molecule has 5 nitrogen and oxygen atoms in total. The van der Waals surface area contributed by atoms with Crippen LogP contribution >= 0.6 is 23.2 Å². The van der Waals surface area contributed by atoms with Gasteiger partial charge in [0.15, 0.2) is 0 Å². The van der Waals surface area contributed by atoms with Gasteiger partial charge in [-0.15, -0.1) is 0 Å². The Morgan fingerprint density at radius 2 is 1.57 bits per heavy atom. The molecule has 4 rings (SSSR count). The van der Waals surface area contributed by atoms with Crippen LogP contribution in [-0.4, -0.2) is 20.9 Å². The topological polar surface area (TPSA) is 67.2 Å². The molecule has 0 amide bonds. The Labute approximate surface area is 183 Å². The van der Waals surface area contributed by atoms with Gasteiger partial charge in [0, 0.05) is 27.4 Å². The fourth-order valence-corrected chi connectivity index (χ4v) is 3.57. The van der Waals surface area contributed by atoms with Crippen molar-refractivity contribution >= 4 is 40.7 Å². The number of nitrogens with zero attached hydrogens (tertiary/aromatic N) is 2. The normalized spacial score (nSPS) is 10.8. The number of benzene rings is 3. The van der Waals surface area contributed by atoms with Gasteiger partial charge in [-0.05, 0) is 61.5 Å². The highest BCUT2D eigenvalue weighted by Gasteiger charge is 2.13. The quantitative estimate of drug-likeness (QED) is 0.369. The van der Waals surface area contributed by atoms with Gasteiger partial charge in [0.05, 0.1) is 16.9 Å². The summed E-state index contributed by atoms with van der Waals surface area (Å²) in [5, 5.41) is 18.2. The summed E-state index contributed by atoms with van der Waals surface area (Å²) in [6.45, 7) is 2.02. The molecule has 0 spiro atoms. The number of rotatable bonds is 5. The molecule has 1 heterocycles. The van der Waals surface area contributed by atoms with Crippen molar-refractivity contribution in [2.75, 3.05) is 5.32 Å². The van der Waals surface area contributed by atoms with Gasteiger partial charge in [-0.3, -0.25) is 0 Å². The van der Waals surface area contributed by atoms with Crippen molar-refractivity contribution in [2.24, 2.45) is 0 Å². The number of nitrogens with one attached hydrogen (secondary N) is 1. The fraction of sp³-hybridized carbons (Fsp3) is 0.0435. The first-order valence-corrected chi connectivity index (χ1v) is 9.88. The van der Waals surface area contributed by atoms with Crippen molar-refractivity contribution in [1.29, 1.82) is 0 Å². The van der Waals surface area contributed by atoms with Crippen LogP contribution in [0, 0.1) is 6.92 Å². The minimum absolute atomic E-state index is 0.224. The second-order valence-electron chi connectivity index (χ2n) is 6.83. The second kappa shape index (κ2) is 8.22. The number of halogens is 2. The summed E-state index contributed by atoms with van der Waals surface area (Å²) in [5.41, 5.74) is 4.48. The van der Waals surface area contributed by atoms with Crippen LogP contribution in [0.2, 0.25) is 10.0 Å². The first-order chi connectivity index (χ1) is 14.4. The van der Waals surface area contributed by atoms with Crippen LogP contribution in [0.4, 0.5) is 11.5 Å². The molecule has 0 saturated carbocycles. The van der Waals surface area contributed by atoms with Crippen molar-refractivity contribution < 1.29 is 9.90 Å². The van der Waals surface area contributed by atoms with Gasteiger partial charge in [-0.1, -0.05) is 40.9 Å². The Hall–Kier alpha value is -3.28. The van der Waals surface area contributed by atoms with E-state index in [1.807, 2.05) is 37.3 Å². The number of aromatic carboxylic acids is 1. The third kappa shape index (κ3) is 4.32. The monoisotopic (exact) mass is 437 g/mol. The minimum Gasteiger partial charge on any atom is -0.478 e. The van der Waals surface area contributed by atoms with Crippen LogP contribution in [-0.2, 0) is 0 Å². The molecular formula is C23H17Cl2N3O2. The first kappa shape index (κ1) is 20.0. The van der Waals surface area contributed by atoms with Crippen molar-refractivity contribution in [3.8, 4) is 16.9 Å². The molecule has 2 N–H and O–H groups in total. The largest absolute Gasteiger partial charge is 0.478 e. The van der Waals surface area contributed by atoms with Gasteiger partial charge >= 0.3 is 5.97 Å². The zero-order valence-corrected chi connectivity index (χ0v) is 17.4. The summed E-state index contributed by atoms with van der Waals surface area (Å²) in [6, 6.07) is 21.7. The van der Waals surface area contributed by atoms with Gasteiger partial charge < -0.3 is 10.4 Å². The minimum atomic E-state index is -0.966. The van der Waals surface area contributed by atoms with Crippen LogP contribution < -0.4 is 5.32 Å². The summed E-state index contributed by atoms with van der Waals surface area (Å²) in [4.78, 5) is 11.1. The highest BCUT2D eigenvalue weighted by molar-refractivity contribution is 6.35. The van der Waals surface area contributed by atoms with E-state index in [0.29, 0.717) is 21.6 Å². The molecule has 0 atom stereocenters. The number of hydrogen-bond donors (Lipinski definition) is 2. The standard InChI is InChI=1S/C23H17Cl2N3O2/c1-14-2-8-20(9-3-14)28-22(26-19-6-4-15(5-7-19)23(29)30)13-21(27-28)16-10-17(24)12-18(25)11-16/h2-13,26H,1H3,(H,29,30). The third-order valence-corrected chi connectivity index (χ3v) is 4.99. The number of anilines is 2. The van der Waals surface area contributed by atoms with Crippen LogP contribution in [0.5, 0.6) is 0 Å². The van der Waals surface area contributed by atoms with E-state index in [9.17, 15) is 4.79 Å². The Bertz CT molecular complexity index is 1200. The maximum Gasteiger partial charge on any atom is 0.335 e. The van der Waals surface area contributed by atoms with Crippen LogP contribution in [0.25, 0.3) is 16.9 Å². The number of carbonyl (C=O) groups is 1. The molecule has 7 heteroatoms. The van der Waals surface area contributed by atoms with Crippen molar-refractivity contribution in [3.63, 3.8) is 0 Å². The molecule has 1 aromatic heterocycles. The summed E-state index contributed by atoms with van der Waals surface area (Å²) < 4.78 is 1.79. The zero-order chi connectivity index (χ0) is 21.3. The van der Waals surface area contributed by atoms with E-state index in [-0.39, 0.29) is 5.56 Å². The van der Waals surface area contributed by atoms with E-state index in [4.69, 9.17) is 33.4 Å². The molecule has 0 bridgehead atoms. The highest BCUT2D eigenvalue weighted by atomic mass is 35.5. The Balaban J connectivity index is 1.77. The lowest BCUT2D eigenvalue weighted by atomic mass is 10.1. The van der Waals surface area contributed by atoms with Crippen molar-refractivity contribution in [3.05, 3.63) is 94.0 Å². The lowest BCUT2D eigenvalue weighted by Crippen LogP contribution is -2.03. The van der Waals surface area contributed by atoms with E-state index in [1.165, 1.54) is 0 Å². The Morgan fingerprint density at radius 3 is 2.17 bits per heavy atom. The van der Waals surface area contributed by atoms with Gasteiger partial charge in [0.2, 0.25) is 0 Å². The smallest absolute Gasteiger partial charge is 0.335 e. The van der Waals surface area contributed by atoms with Crippen LogP contribution in [0.1, 0.15) is 15.9 Å². The molecular weight excluding hydrogens is 421 g/mol. The molecule has 4 aromatic rings. The van der Waals surface area contributed by atoms with Gasteiger partial charge in [0.1, 0.15) is 5.82 Å². The summed E-state index contributed by atoms with van der Waals surface area (Å²) in [7, 11) is 0. The SMILES string of the molecule is Cc1ccc(-n2nc(-c3cc(Cl)cc(Cl)c3)cc2Nc2ccc(C(=O)O)cc2)cc1. The van der Waals surface area contributed by atoms with Crippen molar-refractivity contribution in [1.82, 2.24) is 9.78 Å². The maximum atomic E-state index is 11.1. The molecule has 0 aliphatic carbocycles. The Morgan fingerprint density at radius 1 is 0.933 bits per heavy atom. The third-order valence-electron chi connectivity index (χ3n) is 4.55. The summed E-state index contributed by atoms with van der Waals surface area (Å²) in [5.74, 6) is -0.251. The lowest BCUT2D eigenvalue weighted by molar-refractivity contribution is 0.0697. The first-order valence-electron chi connectivity index (χ1n) is 9.13. The molecule has 0 unspecified atom stereocenters. The average Bonchev–Trinajstić information content (AvgIpc) is 3.12.